The number of alkyl halides is 3. The van der Waals surface area contributed by atoms with Crippen molar-refractivity contribution in [3.05, 3.63) is 64.5 Å². The van der Waals surface area contributed by atoms with E-state index < -0.39 is 29.1 Å². The van der Waals surface area contributed by atoms with E-state index in [1.807, 2.05) is 0 Å². The van der Waals surface area contributed by atoms with Crippen LogP contribution in [0.4, 0.5) is 17.6 Å². The molecule has 7 nitrogen and oxygen atoms in total. The summed E-state index contributed by atoms with van der Waals surface area (Å²) in [4.78, 5) is 27.2. The molecule has 0 spiro atoms. The van der Waals surface area contributed by atoms with Crippen molar-refractivity contribution in [1.29, 1.82) is 0 Å². The summed E-state index contributed by atoms with van der Waals surface area (Å²) in [6.45, 7) is 3.94. The quantitative estimate of drug-likeness (QED) is 0.387. The molecule has 2 aliphatic heterocycles. The van der Waals surface area contributed by atoms with Crippen molar-refractivity contribution in [3.63, 3.8) is 0 Å². The lowest BCUT2D eigenvalue weighted by molar-refractivity contribution is -0.166. The fraction of sp³-hybridized carbons (Fsp3) is 0.548. The lowest BCUT2D eigenvalue weighted by atomic mass is 9.79. The first-order valence-corrected chi connectivity index (χ1v) is 14.4. The lowest BCUT2D eigenvalue weighted by Gasteiger charge is -2.46. The standard InChI is InChI=1S/C31H36F4N2O5/c1-18-16-37(10-8-25(18)20-3-6-27(32)26(13-20)28(38)39)23-7-9-30(42-17-23,21-4-5-21)29(40)36-15-19-11-22(31(33,34)35)14-24(12-19)41-2/h3,6,11-14,18,21,23,25H,4-5,7-10,15-17H2,1-2H3,(H,36,40)(H,38,39)/t18-,23+,25?,30-/m0/s1. The number of nitrogens with one attached hydrogen (secondary N) is 1. The Morgan fingerprint density at radius 2 is 1.90 bits per heavy atom. The van der Waals surface area contributed by atoms with Gasteiger partial charge in [-0.3, -0.25) is 9.69 Å². The van der Waals surface area contributed by atoms with Gasteiger partial charge in [-0.2, -0.15) is 13.2 Å². The number of hydrogen-bond acceptors (Lipinski definition) is 5. The molecular weight excluding hydrogens is 556 g/mol. The number of piperidine rings is 1. The molecule has 2 aromatic carbocycles. The van der Waals surface area contributed by atoms with Gasteiger partial charge in [0.05, 0.1) is 24.8 Å². The number of amides is 1. The minimum atomic E-state index is -4.53. The zero-order chi connectivity index (χ0) is 30.2. The molecule has 11 heteroatoms. The van der Waals surface area contributed by atoms with Gasteiger partial charge in [0.1, 0.15) is 17.2 Å². The molecule has 1 aliphatic carbocycles. The minimum absolute atomic E-state index is 0.0711. The first-order valence-electron chi connectivity index (χ1n) is 14.4. The topological polar surface area (TPSA) is 88.1 Å². The molecule has 4 atom stereocenters. The van der Waals surface area contributed by atoms with Crippen molar-refractivity contribution < 1.29 is 41.7 Å². The predicted octanol–water partition coefficient (Wildman–Crippen LogP) is 5.62. The molecule has 42 heavy (non-hydrogen) atoms. The third-order valence-corrected chi connectivity index (χ3v) is 9.09. The van der Waals surface area contributed by atoms with Gasteiger partial charge in [0.2, 0.25) is 0 Å². The number of carbonyl (C=O) groups excluding carboxylic acids is 1. The van der Waals surface area contributed by atoms with Crippen LogP contribution in [-0.4, -0.2) is 60.3 Å². The van der Waals surface area contributed by atoms with Crippen molar-refractivity contribution in [2.45, 2.75) is 69.3 Å². The van der Waals surface area contributed by atoms with Gasteiger partial charge in [0.25, 0.3) is 5.91 Å². The summed E-state index contributed by atoms with van der Waals surface area (Å²) in [6, 6.07) is 7.87. The van der Waals surface area contributed by atoms with Gasteiger partial charge in [-0.15, -0.1) is 0 Å². The van der Waals surface area contributed by atoms with Gasteiger partial charge in [-0.1, -0.05) is 13.0 Å². The Balaban J connectivity index is 1.20. The molecule has 1 saturated carbocycles. The summed E-state index contributed by atoms with van der Waals surface area (Å²) in [7, 11) is 1.30. The number of methoxy groups -OCH3 is 1. The summed E-state index contributed by atoms with van der Waals surface area (Å²) in [5.41, 5.74) is -1.02. The van der Waals surface area contributed by atoms with E-state index in [1.54, 1.807) is 6.07 Å². The summed E-state index contributed by atoms with van der Waals surface area (Å²) in [5, 5.41) is 12.1. The molecule has 0 aromatic heterocycles. The number of hydrogen-bond donors (Lipinski definition) is 2. The van der Waals surface area contributed by atoms with Crippen molar-refractivity contribution in [2.75, 3.05) is 26.8 Å². The van der Waals surface area contributed by atoms with Gasteiger partial charge in [0.15, 0.2) is 0 Å². The van der Waals surface area contributed by atoms with Crippen LogP contribution in [0, 0.1) is 17.7 Å². The van der Waals surface area contributed by atoms with Crippen LogP contribution in [0.15, 0.2) is 36.4 Å². The zero-order valence-electron chi connectivity index (χ0n) is 23.7. The highest BCUT2D eigenvalue weighted by molar-refractivity contribution is 5.88. The Morgan fingerprint density at radius 1 is 1.14 bits per heavy atom. The number of carboxylic acid groups (broad SMARTS) is 1. The number of halogens is 4. The van der Waals surface area contributed by atoms with Crippen LogP contribution in [-0.2, 0) is 22.3 Å². The summed E-state index contributed by atoms with van der Waals surface area (Å²) < 4.78 is 65.3. The van der Waals surface area contributed by atoms with E-state index in [-0.39, 0.29) is 47.6 Å². The normalized spacial score (nSPS) is 27.0. The number of aromatic carboxylic acids is 1. The average molecular weight is 593 g/mol. The zero-order valence-corrected chi connectivity index (χ0v) is 23.7. The third-order valence-electron chi connectivity index (χ3n) is 9.09. The van der Waals surface area contributed by atoms with E-state index in [4.69, 9.17) is 9.47 Å². The maximum absolute atomic E-state index is 13.9. The van der Waals surface area contributed by atoms with E-state index >= 15 is 0 Å². The second-order valence-electron chi connectivity index (χ2n) is 11.8. The monoisotopic (exact) mass is 592 g/mol. The summed E-state index contributed by atoms with van der Waals surface area (Å²) in [5.74, 6) is -1.85. The predicted molar refractivity (Wildman–Crippen MR) is 146 cm³/mol. The molecule has 5 rings (SSSR count). The Morgan fingerprint density at radius 3 is 2.50 bits per heavy atom. The van der Waals surface area contributed by atoms with E-state index in [2.05, 4.69) is 17.1 Å². The average Bonchev–Trinajstić information content (AvgIpc) is 3.82. The molecule has 228 valence electrons. The maximum Gasteiger partial charge on any atom is 0.416 e. The van der Waals surface area contributed by atoms with E-state index in [0.717, 1.165) is 56.5 Å². The van der Waals surface area contributed by atoms with Crippen molar-refractivity contribution in [1.82, 2.24) is 10.2 Å². The number of nitrogens with zero attached hydrogens (tertiary/aromatic N) is 1. The highest BCUT2D eigenvalue weighted by atomic mass is 19.4. The Bertz CT molecular complexity index is 1320. The number of benzene rings is 2. The van der Waals surface area contributed by atoms with Gasteiger partial charge in [-0.25, -0.2) is 9.18 Å². The first kappa shape index (κ1) is 30.3. The fourth-order valence-corrected chi connectivity index (χ4v) is 6.62. The molecule has 2 heterocycles. The van der Waals surface area contributed by atoms with Gasteiger partial charge < -0.3 is 19.9 Å². The molecule has 1 amide bonds. The highest BCUT2D eigenvalue weighted by Gasteiger charge is 2.54. The maximum atomic E-state index is 13.9. The van der Waals surface area contributed by atoms with Crippen molar-refractivity contribution in [3.8, 4) is 5.75 Å². The fourth-order valence-electron chi connectivity index (χ4n) is 6.62. The van der Waals surface area contributed by atoms with Crippen molar-refractivity contribution >= 4 is 11.9 Å². The largest absolute Gasteiger partial charge is 0.497 e. The van der Waals surface area contributed by atoms with E-state index in [1.165, 1.54) is 25.3 Å². The number of rotatable bonds is 8. The Hall–Kier alpha value is -3.18. The smallest absolute Gasteiger partial charge is 0.416 e. The number of ether oxygens (including phenoxy) is 2. The van der Waals surface area contributed by atoms with Crippen LogP contribution in [0.1, 0.15) is 72.0 Å². The third kappa shape index (κ3) is 6.27. The van der Waals surface area contributed by atoms with Crippen LogP contribution in [0.5, 0.6) is 5.75 Å². The second-order valence-corrected chi connectivity index (χ2v) is 11.8. The number of carbonyl (C=O) groups is 2. The molecule has 2 saturated heterocycles. The highest BCUT2D eigenvalue weighted by Crippen LogP contribution is 2.48. The number of likely N-dealkylation sites (tertiary alicyclic amines) is 1. The van der Waals surface area contributed by atoms with Crippen LogP contribution in [0.25, 0.3) is 0 Å². The van der Waals surface area contributed by atoms with E-state index in [0.29, 0.717) is 18.6 Å². The molecule has 0 bridgehead atoms. The Labute approximate surface area is 242 Å². The first-order chi connectivity index (χ1) is 19.9. The molecular formula is C31H36F4N2O5. The molecule has 1 unspecified atom stereocenters. The van der Waals surface area contributed by atoms with Gasteiger partial charge >= 0.3 is 12.1 Å². The van der Waals surface area contributed by atoms with Gasteiger partial charge in [0, 0.05) is 19.1 Å². The molecule has 2 aromatic rings. The summed E-state index contributed by atoms with van der Waals surface area (Å²) >= 11 is 0. The number of carboxylic acids is 1. The molecule has 0 radical (unpaired) electrons. The molecule has 3 aliphatic rings. The van der Waals surface area contributed by atoms with Crippen LogP contribution >= 0.6 is 0 Å². The van der Waals surface area contributed by atoms with Crippen LogP contribution in [0.2, 0.25) is 0 Å². The lowest BCUT2D eigenvalue weighted by Crippen LogP contribution is -2.57. The van der Waals surface area contributed by atoms with Crippen LogP contribution < -0.4 is 10.1 Å². The van der Waals surface area contributed by atoms with E-state index in [9.17, 15) is 32.3 Å². The molecule has 2 N–H and O–H groups in total. The van der Waals surface area contributed by atoms with Crippen molar-refractivity contribution in [2.24, 2.45) is 11.8 Å². The van der Waals surface area contributed by atoms with Gasteiger partial charge in [-0.05, 0) is 97.9 Å². The molecule has 3 fully saturated rings. The Kier molecular flexibility index (Phi) is 8.53. The van der Waals surface area contributed by atoms with Crippen LogP contribution in [0.3, 0.4) is 0 Å². The summed E-state index contributed by atoms with van der Waals surface area (Å²) in [6.07, 6.45) is -0.734. The minimum Gasteiger partial charge on any atom is -0.497 e. The second kappa shape index (κ2) is 11.8. The SMILES string of the molecule is COc1cc(CNC(=O)[C@@]2(C3CC3)CC[C@@H](N3CCC(c4ccc(F)c(C(=O)O)c4)[C@@H](C)C3)CO2)cc(C(F)(F)F)c1.